The summed E-state index contributed by atoms with van der Waals surface area (Å²) in [6, 6.07) is 8.90. The molecule has 5 nitrogen and oxygen atoms in total. The molecule has 0 bridgehead atoms. The van der Waals surface area contributed by atoms with Gasteiger partial charge in [-0.1, -0.05) is 50.3 Å². The van der Waals surface area contributed by atoms with Crippen LogP contribution >= 0.6 is 0 Å². The van der Waals surface area contributed by atoms with Crippen molar-refractivity contribution in [3.05, 3.63) is 59.3 Å². The minimum Gasteiger partial charge on any atom is -0.455 e. The summed E-state index contributed by atoms with van der Waals surface area (Å²) in [6.07, 6.45) is 7.75. The molecule has 1 heterocycles. The van der Waals surface area contributed by atoms with Crippen LogP contribution < -0.4 is 5.32 Å². The summed E-state index contributed by atoms with van der Waals surface area (Å²) >= 11 is 0. The van der Waals surface area contributed by atoms with Gasteiger partial charge in [0.2, 0.25) is 0 Å². The molecule has 1 aliphatic rings. The molecule has 3 rings (SSSR count). The number of carbonyl (C=O) groups excluding carboxylic acids is 1. The summed E-state index contributed by atoms with van der Waals surface area (Å²) in [6.45, 7) is 0. The molecule has 1 N–H and O–H groups in total. The Morgan fingerprint density at radius 1 is 1.00 bits per heavy atom. The second-order valence-electron chi connectivity index (χ2n) is 7.41. The summed E-state index contributed by atoms with van der Waals surface area (Å²) in [5.41, 5.74) is 0.122. The number of furan rings is 1. The number of rotatable bonds is 6. The zero-order chi connectivity index (χ0) is 20.0. The molecule has 0 atom stereocenters. The minimum absolute atomic E-state index is 0.109. The molecule has 28 heavy (non-hydrogen) atoms. The van der Waals surface area contributed by atoms with Gasteiger partial charge in [0.05, 0.1) is 5.75 Å². The van der Waals surface area contributed by atoms with Crippen molar-refractivity contribution in [1.82, 2.24) is 5.32 Å². The van der Waals surface area contributed by atoms with Crippen molar-refractivity contribution < 1.29 is 22.0 Å². The molecule has 0 aliphatic heterocycles. The lowest BCUT2D eigenvalue weighted by molar-refractivity contribution is 0.0900. The van der Waals surface area contributed by atoms with Crippen molar-refractivity contribution in [3.8, 4) is 0 Å². The van der Waals surface area contributed by atoms with E-state index in [0.29, 0.717) is 0 Å². The third kappa shape index (κ3) is 5.92. The van der Waals surface area contributed by atoms with Crippen molar-refractivity contribution in [1.29, 1.82) is 0 Å². The van der Waals surface area contributed by atoms with Gasteiger partial charge in [0.25, 0.3) is 5.91 Å². The third-order valence-electron chi connectivity index (χ3n) is 5.02. The highest BCUT2D eigenvalue weighted by Crippen LogP contribution is 2.19. The van der Waals surface area contributed by atoms with E-state index >= 15 is 0 Å². The largest absolute Gasteiger partial charge is 0.455 e. The van der Waals surface area contributed by atoms with Crippen LogP contribution in [0.15, 0.2) is 40.8 Å². The Balaban J connectivity index is 1.59. The van der Waals surface area contributed by atoms with Crippen LogP contribution in [0.5, 0.6) is 0 Å². The molecule has 0 radical (unpaired) electrons. The number of nitrogens with one attached hydrogen (secondary N) is 1. The highest BCUT2D eigenvalue weighted by molar-refractivity contribution is 7.89. The fraction of sp³-hybridized carbons (Fsp3) is 0.476. The first-order chi connectivity index (χ1) is 13.4. The number of hydrogen-bond acceptors (Lipinski definition) is 4. The van der Waals surface area contributed by atoms with Crippen LogP contribution in [-0.4, -0.2) is 20.4 Å². The van der Waals surface area contributed by atoms with Crippen molar-refractivity contribution in [3.63, 3.8) is 0 Å². The molecule has 1 fully saturated rings. The Labute approximate surface area is 165 Å². The van der Waals surface area contributed by atoms with Gasteiger partial charge in [-0.2, -0.15) is 0 Å². The second kappa shape index (κ2) is 9.37. The van der Waals surface area contributed by atoms with Crippen molar-refractivity contribution in [2.75, 3.05) is 0 Å². The third-order valence-corrected chi connectivity index (χ3v) is 6.50. The first kappa shape index (κ1) is 20.6. The maximum atomic E-state index is 13.7. The number of halogens is 1. The molecule has 1 aromatic carbocycles. The maximum Gasteiger partial charge on any atom is 0.287 e. The zero-order valence-corrected chi connectivity index (χ0v) is 16.6. The van der Waals surface area contributed by atoms with Gasteiger partial charge in [-0.3, -0.25) is 4.79 Å². The Kier molecular flexibility index (Phi) is 6.88. The Morgan fingerprint density at radius 2 is 1.68 bits per heavy atom. The van der Waals surface area contributed by atoms with Crippen LogP contribution in [0.1, 0.15) is 66.8 Å². The fourth-order valence-electron chi connectivity index (χ4n) is 3.55. The SMILES string of the molecule is O=C(NC1CCCCCCC1)c1ccc(CS(=O)(=O)Cc2ccccc2F)o1. The lowest BCUT2D eigenvalue weighted by Gasteiger charge is -2.20. The predicted octanol–water partition coefficient (Wildman–Crippen LogP) is 4.38. The number of sulfone groups is 1. The quantitative estimate of drug-likeness (QED) is 0.771. The minimum atomic E-state index is -3.62. The van der Waals surface area contributed by atoms with E-state index in [0.717, 1.165) is 25.7 Å². The van der Waals surface area contributed by atoms with E-state index in [1.807, 2.05) is 0 Å². The first-order valence-corrected chi connectivity index (χ1v) is 11.6. The van der Waals surface area contributed by atoms with Crippen LogP contribution in [0.2, 0.25) is 0 Å². The summed E-state index contributed by atoms with van der Waals surface area (Å²) in [4.78, 5) is 12.4. The van der Waals surface area contributed by atoms with Crippen molar-refractivity contribution in [2.24, 2.45) is 0 Å². The monoisotopic (exact) mass is 407 g/mol. The van der Waals surface area contributed by atoms with E-state index in [-0.39, 0.29) is 34.8 Å². The molecule has 0 saturated heterocycles. The zero-order valence-electron chi connectivity index (χ0n) is 15.8. The van der Waals surface area contributed by atoms with Crippen molar-refractivity contribution >= 4 is 15.7 Å². The lowest BCUT2D eigenvalue weighted by Crippen LogP contribution is -2.35. The predicted molar refractivity (Wildman–Crippen MR) is 105 cm³/mol. The molecule has 152 valence electrons. The van der Waals surface area contributed by atoms with Crippen LogP contribution in [-0.2, 0) is 21.3 Å². The molecular formula is C21H26FNO4S. The van der Waals surface area contributed by atoms with Gasteiger partial charge in [0.15, 0.2) is 15.6 Å². The van der Waals surface area contributed by atoms with E-state index in [4.69, 9.17) is 4.42 Å². The average Bonchev–Trinajstić information content (AvgIpc) is 3.07. The van der Waals surface area contributed by atoms with E-state index in [1.165, 1.54) is 49.6 Å². The summed E-state index contributed by atoms with van der Waals surface area (Å²) in [7, 11) is -3.62. The van der Waals surface area contributed by atoms with Crippen LogP contribution in [0.25, 0.3) is 0 Å². The highest BCUT2D eigenvalue weighted by atomic mass is 32.2. The molecule has 7 heteroatoms. The molecule has 0 spiro atoms. The molecule has 2 aromatic rings. The smallest absolute Gasteiger partial charge is 0.287 e. The summed E-state index contributed by atoms with van der Waals surface area (Å²) in [5, 5.41) is 2.99. The highest BCUT2D eigenvalue weighted by Gasteiger charge is 2.21. The van der Waals surface area contributed by atoms with Gasteiger partial charge in [0.1, 0.15) is 17.3 Å². The number of benzene rings is 1. The van der Waals surface area contributed by atoms with Gasteiger partial charge in [0, 0.05) is 11.6 Å². The van der Waals surface area contributed by atoms with E-state index in [9.17, 15) is 17.6 Å². The molecule has 1 saturated carbocycles. The maximum absolute atomic E-state index is 13.7. The average molecular weight is 408 g/mol. The van der Waals surface area contributed by atoms with Crippen LogP contribution in [0, 0.1) is 5.82 Å². The Bertz CT molecular complexity index is 899. The Morgan fingerprint density at radius 3 is 2.39 bits per heavy atom. The topological polar surface area (TPSA) is 76.4 Å². The first-order valence-electron chi connectivity index (χ1n) is 9.76. The second-order valence-corrected chi connectivity index (χ2v) is 9.47. The van der Waals surface area contributed by atoms with Gasteiger partial charge in [-0.15, -0.1) is 0 Å². The lowest BCUT2D eigenvalue weighted by atomic mass is 9.97. The Hall–Kier alpha value is -2.15. The number of amides is 1. The molecular weight excluding hydrogens is 381 g/mol. The normalized spacial score (nSPS) is 16.3. The molecule has 0 unspecified atom stereocenters. The van der Waals surface area contributed by atoms with E-state index in [2.05, 4.69) is 5.32 Å². The number of carbonyl (C=O) groups is 1. The van der Waals surface area contributed by atoms with Gasteiger partial charge in [-0.25, -0.2) is 12.8 Å². The standard InChI is InChI=1S/C21H26FNO4S/c22-19-11-7-6-8-16(19)14-28(25,26)15-18-12-13-20(27-18)21(24)23-17-9-4-2-1-3-5-10-17/h6-8,11-13,17H,1-5,9-10,14-15H2,(H,23,24). The van der Waals surface area contributed by atoms with Gasteiger partial charge in [-0.05, 0) is 31.0 Å². The molecule has 1 aliphatic carbocycles. The fourth-order valence-corrected chi connectivity index (χ4v) is 4.95. The van der Waals surface area contributed by atoms with E-state index in [1.54, 1.807) is 6.07 Å². The summed E-state index contributed by atoms with van der Waals surface area (Å²) < 4.78 is 43.9. The van der Waals surface area contributed by atoms with Crippen LogP contribution in [0.3, 0.4) is 0 Å². The van der Waals surface area contributed by atoms with Gasteiger partial charge >= 0.3 is 0 Å². The molecule has 1 amide bonds. The summed E-state index contributed by atoms with van der Waals surface area (Å²) in [5.74, 6) is -1.37. The van der Waals surface area contributed by atoms with Crippen molar-refractivity contribution in [2.45, 2.75) is 62.5 Å². The van der Waals surface area contributed by atoms with Gasteiger partial charge < -0.3 is 9.73 Å². The number of hydrogen-bond donors (Lipinski definition) is 1. The van der Waals surface area contributed by atoms with Crippen LogP contribution in [0.4, 0.5) is 4.39 Å². The van der Waals surface area contributed by atoms with E-state index < -0.39 is 21.4 Å². The molecule has 1 aromatic heterocycles.